The molecule has 0 bridgehead atoms. The van der Waals surface area contributed by atoms with E-state index in [1.54, 1.807) is 6.07 Å². The second kappa shape index (κ2) is 7.38. The van der Waals surface area contributed by atoms with Crippen molar-refractivity contribution < 1.29 is 18.3 Å². The molecule has 2 heterocycles. The van der Waals surface area contributed by atoms with Crippen LogP contribution in [-0.2, 0) is 13.0 Å². The molecule has 0 unspecified atom stereocenters. The van der Waals surface area contributed by atoms with Crippen LogP contribution in [-0.4, -0.2) is 29.3 Å². The molecule has 0 saturated heterocycles. The smallest absolute Gasteiger partial charge is 0.387 e. The molecule has 1 aliphatic heterocycles. The van der Waals surface area contributed by atoms with Gasteiger partial charge in [0.2, 0.25) is 0 Å². The van der Waals surface area contributed by atoms with Crippen molar-refractivity contribution in [1.29, 1.82) is 0 Å². The molecule has 0 atom stereocenters. The highest BCUT2D eigenvalue weighted by atomic mass is 35.5. The van der Waals surface area contributed by atoms with Crippen LogP contribution in [0, 0.1) is 0 Å². The highest BCUT2D eigenvalue weighted by molar-refractivity contribution is 6.04. The molecule has 3 N–H and O–H groups in total. The summed E-state index contributed by atoms with van der Waals surface area (Å²) in [5.74, 6) is -0.408. The van der Waals surface area contributed by atoms with E-state index in [4.69, 9.17) is 0 Å². The first-order chi connectivity index (χ1) is 10.6. The molecule has 3 rings (SSSR count). The van der Waals surface area contributed by atoms with Crippen molar-refractivity contribution in [3.63, 3.8) is 0 Å². The van der Waals surface area contributed by atoms with Gasteiger partial charge in [0.15, 0.2) is 5.69 Å². The number of halogens is 3. The van der Waals surface area contributed by atoms with Crippen molar-refractivity contribution in [2.75, 3.05) is 11.9 Å². The molecule has 0 radical (unpaired) electrons. The molecule has 1 aromatic heterocycles. The molecule has 2 aromatic rings. The van der Waals surface area contributed by atoms with Crippen LogP contribution in [0.5, 0.6) is 5.75 Å². The number of benzene rings is 1. The summed E-state index contributed by atoms with van der Waals surface area (Å²) >= 11 is 0. The van der Waals surface area contributed by atoms with Crippen LogP contribution in [0.1, 0.15) is 21.7 Å². The quantitative estimate of drug-likeness (QED) is 0.795. The first-order valence-corrected chi connectivity index (χ1v) is 6.76. The number of rotatable bonds is 4. The van der Waals surface area contributed by atoms with E-state index in [2.05, 4.69) is 25.6 Å². The topological polar surface area (TPSA) is 79.0 Å². The monoisotopic (exact) mass is 344 g/mol. The minimum atomic E-state index is -2.91. The summed E-state index contributed by atoms with van der Waals surface area (Å²) in [5, 5.41) is 12.7. The fourth-order valence-corrected chi connectivity index (χ4v) is 2.35. The van der Waals surface area contributed by atoms with Gasteiger partial charge in [-0.25, -0.2) is 0 Å². The number of fused-ring (bicyclic) bond motifs is 1. The normalized spacial score (nSPS) is 13.2. The Morgan fingerprint density at radius 2 is 2.22 bits per heavy atom. The van der Waals surface area contributed by atoms with Crippen molar-refractivity contribution in [2.45, 2.75) is 19.6 Å². The van der Waals surface area contributed by atoms with E-state index in [-0.39, 0.29) is 18.2 Å². The number of aromatic amines is 1. The molecule has 1 aliphatic rings. The van der Waals surface area contributed by atoms with Crippen molar-refractivity contribution in [3.05, 3.63) is 41.2 Å². The molecule has 0 aliphatic carbocycles. The number of anilines is 1. The first-order valence-electron chi connectivity index (χ1n) is 6.76. The second-order valence-electron chi connectivity index (χ2n) is 4.82. The van der Waals surface area contributed by atoms with Crippen LogP contribution < -0.4 is 15.4 Å². The molecule has 6 nitrogen and oxygen atoms in total. The van der Waals surface area contributed by atoms with Gasteiger partial charge in [0, 0.05) is 42.5 Å². The lowest BCUT2D eigenvalue weighted by atomic mass is 10.1. The Kier molecular flexibility index (Phi) is 5.51. The van der Waals surface area contributed by atoms with Gasteiger partial charge in [0.25, 0.3) is 5.91 Å². The number of carbonyl (C=O) groups excluding carboxylic acids is 1. The van der Waals surface area contributed by atoms with Gasteiger partial charge in [0.1, 0.15) is 5.75 Å². The van der Waals surface area contributed by atoms with Gasteiger partial charge in [0.05, 0.1) is 0 Å². The molecule has 0 spiro atoms. The fourth-order valence-electron chi connectivity index (χ4n) is 2.35. The zero-order valence-electron chi connectivity index (χ0n) is 11.9. The number of hydrogen-bond acceptors (Lipinski definition) is 4. The van der Waals surface area contributed by atoms with E-state index >= 15 is 0 Å². The zero-order valence-corrected chi connectivity index (χ0v) is 12.8. The summed E-state index contributed by atoms with van der Waals surface area (Å²) in [6.45, 7) is -1.50. The third kappa shape index (κ3) is 3.96. The number of nitrogens with one attached hydrogen (secondary N) is 3. The van der Waals surface area contributed by atoms with Gasteiger partial charge in [-0.2, -0.15) is 13.9 Å². The minimum absolute atomic E-state index is 0. The lowest BCUT2D eigenvalue weighted by Crippen LogP contribution is -2.25. The van der Waals surface area contributed by atoms with E-state index < -0.39 is 12.5 Å². The Morgan fingerprint density at radius 3 is 3.00 bits per heavy atom. The summed E-state index contributed by atoms with van der Waals surface area (Å²) in [6.07, 6.45) is 0.785. The van der Waals surface area contributed by atoms with Gasteiger partial charge >= 0.3 is 6.61 Å². The average molecular weight is 345 g/mol. The number of carbonyl (C=O) groups is 1. The maximum Gasteiger partial charge on any atom is 0.387 e. The number of aromatic nitrogens is 2. The molecule has 0 fully saturated rings. The van der Waals surface area contributed by atoms with Crippen LogP contribution in [0.2, 0.25) is 0 Å². The van der Waals surface area contributed by atoms with E-state index in [0.29, 0.717) is 17.9 Å². The lowest BCUT2D eigenvalue weighted by molar-refractivity contribution is -0.0497. The highest BCUT2D eigenvalue weighted by Crippen LogP contribution is 2.21. The number of ether oxygens (including phenoxy) is 1. The van der Waals surface area contributed by atoms with Gasteiger partial charge in [-0.1, -0.05) is 6.07 Å². The zero-order chi connectivity index (χ0) is 15.5. The molecule has 1 amide bonds. The van der Waals surface area contributed by atoms with Gasteiger partial charge in [-0.15, -0.1) is 12.4 Å². The molecule has 23 heavy (non-hydrogen) atoms. The molecule has 9 heteroatoms. The van der Waals surface area contributed by atoms with E-state index in [1.807, 2.05) is 0 Å². The van der Waals surface area contributed by atoms with Crippen molar-refractivity contribution in [1.82, 2.24) is 15.5 Å². The Labute approximate surface area is 137 Å². The largest absolute Gasteiger partial charge is 0.435 e. The highest BCUT2D eigenvalue weighted by Gasteiger charge is 2.21. The average Bonchev–Trinajstić information content (AvgIpc) is 2.91. The number of alkyl halides is 2. The molecule has 0 saturated carbocycles. The SMILES string of the molecule is Cl.O=C(Nc1cccc(OC(F)F)c1)c1n[nH]c2c1CNCC2. The van der Waals surface area contributed by atoms with E-state index in [0.717, 1.165) is 24.2 Å². The van der Waals surface area contributed by atoms with Gasteiger partial charge in [-0.3, -0.25) is 9.89 Å². The first kappa shape index (κ1) is 17.2. The van der Waals surface area contributed by atoms with Crippen molar-refractivity contribution in [3.8, 4) is 5.75 Å². The molecular weight excluding hydrogens is 330 g/mol. The Hall–Kier alpha value is -2.19. The fraction of sp³-hybridized carbons (Fsp3) is 0.286. The molecule has 1 aromatic carbocycles. The third-order valence-corrected chi connectivity index (χ3v) is 3.34. The van der Waals surface area contributed by atoms with Gasteiger partial charge in [-0.05, 0) is 12.1 Å². The summed E-state index contributed by atoms with van der Waals surface area (Å²) in [4.78, 5) is 12.3. The van der Waals surface area contributed by atoms with Crippen molar-refractivity contribution in [2.24, 2.45) is 0 Å². The number of hydrogen-bond donors (Lipinski definition) is 3. The Morgan fingerprint density at radius 1 is 1.39 bits per heavy atom. The maximum atomic E-state index is 12.3. The number of H-pyrrole nitrogens is 1. The summed E-state index contributed by atoms with van der Waals surface area (Å²) in [6, 6.07) is 5.84. The van der Waals surface area contributed by atoms with Crippen LogP contribution in [0.3, 0.4) is 0 Å². The number of amides is 1. The second-order valence-corrected chi connectivity index (χ2v) is 4.82. The lowest BCUT2D eigenvalue weighted by Gasteiger charge is -2.13. The predicted octanol–water partition coefficient (Wildman–Crippen LogP) is 2.33. The number of nitrogens with zero attached hydrogens (tertiary/aromatic N) is 1. The Balaban J connectivity index is 0.00000192. The van der Waals surface area contributed by atoms with E-state index in [9.17, 15) is 13.6 Å². The van der Waals surface area contributed by atoms with Crippen LogP contribution in [0.4, 0.5) is 14.5 Å². The van der Waals surface area contributed by atoms with Crippen LogP contribution >= 0.6 is 12.4 Å². The third-order valence-electron chi connectivity index (χ3n) is 3.34. The van der Waals surface area contributed by atoms with E-state index in [1.165, 1.54) is 18.2 Å². The summed E-state index contributed by atoms with van der Waals surface area (Å²) in [7, 11) is 0. The summed E-state index contributed by atoms with van der Waals surface area (Å²) in [5.41, 5.74) is 2.45. The minimum Gasteiger partial charge on any atom is -0.435 e. The molecular formula is C14H15ClF2N4O2. The maximum absolute atomic E-state index is 12.3. The summed E-state index contributed by atoms with van der Waals surface area (Å²) < 4.78 is 28.7. The van der Waals surface area contributed by atoms with Crippen LogP contribution in [0.15, 0.2) is 24.3 Å². The Bertz CT molecular complexity index is 693. The van der Waals surface area contributed by atoms with Crippen molar-refractivity contribution >= 4 is 24.0 Å². The van der Waals surface area contributed by atoms with Crippen LogP contribution in [0.25, 0.3) is 0 Å². The predicted molar refractivity (Wildman–Crippen MR) is 82.3 cm³/mol. The van der Waals surface area contributed by atoms with Gasteiger partial charge < -0.3 is 15.4 Å². The molecule has 124 valence electrons. The standard InChI is InChI=1S/C14H14F2N4O2.ClH/c15-14(16)22-9-3-1-2-8(6-9)18-13(21)12-10-7-17-5-4-11(10)19-20-12;/h1-3,6,14,17H,4-5,7H2,(H,18,21)(H,19,20);1H.